The van der Waals surface area contributed by atoms with Gasteiger partial charge in [0.1, 0.15) is 12.4 Å². The van der Waals surface area contributed by atoms with Crippen molar-refractivity contribution < 1.29 is 33.5 Å². The monoisotopic (exact) mass is 466 g/mol. The second-order valence-corrected chi connectivity index (χ2v) is 6.93. The first-order valence-electron chi connectivity index (χ1n) is 10.0. The Morgan fingerprint density at radius 1 is 0.912 bits per heavy atom. The van der Waals surface area contributed by atoms with E-state index < -0.39 is 10.9 Å². The molecule has 0 aliphatic heterocycles. The number of hydrogen-bond acceptors (Lipinski definition) is 8. The van der Waals surface area contributed by atoms with Gasteiger partial charge in [0.15, 0.2) is 18.1 Å². The van der Waals surface area contributed by atoms with Crippen LogP contribution in [0.15, 0.2) is 66.7 Å². The van der Waals surface area contributed by atoms with Crippen LogP contribution >= 0.6 is 0 Å². The van der Waals surface area contributed by atoms with Crippen LogP contribution in [0.1, 0.15) is 15.9 Å². The quantitative estimate of drug-likeness (QED) is 0.270. The largest absolute Gasteiger partial charge is 0.497 e. The summed E-state index contributed by atoms with van der Waals surface area (Å²) in [5, 5.41) is 13.4. The van der Waals surface area contributed by atoms with Gasteiger partial charge in [-0.3, -0.25) is 14.9 Å². The Balaban J connectivity index is 1.55. The standard InChI is InChI=1S/C24H22N2O8/c1-31-20-10-6-18(7-11-20)25-23(27)15-33-21-12-5-17(13-22(21)32-2)24(28)34-14-16-3-8-19(9-4-16)26(29)30/h3-13H,14-15H2,1-2H3,(H,25,27). The minimum atomic E-state index is -0.611. The molecule has 1 amide bonds. The third-order valence-electron chi connectivity index (χ3n) is 4.65. The molecule has 0 saturated heterocycles. The van der Waals surface area contributed by atoms with Gasteiger partial charge in [0.2, 0.25) is 0 Å². The summed E-state index contributed by atoms with van der Waals surface area (Å²) >= 11 is 0. The number of carbonyl (C=O) groups excluding carboxylic acids is 2. The van der Waals surface area contributed by atoms with Gasteiger partial charge in [-0.1, -0.05) is 0 Å². The Hall–Kier alpha value is -4.60. The van der Waals surface area contributed by atoms with Crippen LogP contribution in [0, 0.1) is 10.1 Å². The Morgan fingerprint density at radius 3 is 2.24 bits per heavy atom. The lowest BCUT2D eigenvalue weighted by atomic mass is 10.2. The van der Waals surface area contributed by atoms with Crippen molar-refractivity contribution in [2.45, 2.75) is 6.61 Å². The van der Waals surface area contributed by atoms with Gasteiger partial charge in [0, 0.05) is 17.8 Å². The van der Waals surface area contributed by atoms with Crippen LogP contribution in [0.3, 0.4) is 0 Å². The van der Waals surface area contributed by atoms with E-state index in [9.17, 15) is 19.7 Å². The lowest BCUT2D eigenvalue weighted by Crippen LogP contribution is -2.20. The van der Waals surface area contributed by atoms with Crippen LogP contribution < -0.4 is 19.5 Å². The number of methoxy groups -OCH3 is 2. The molecule has 0 saturated carbocycles. The molecule has 1 N–H and O–H groups in total. The molecule has 3 aromatic rings. The first-order valence-corrected chi connectivity index (χ1v) is 10.0. The third kappa shape index (κ3) is 6.45. The van der Waals surface area contributed by atoms with Crippen molar-refractivity contribution in [1.82, 2.24) is 0 Å². The highest BCUT2D eigenvalue weighted by atomic mass is 16.6. The molecule has 0 aliphatic rings. The van der Waals surface area contributed by atoms with Crippen LogP contribution in [-0.4, -0.2) is 37.6 Å². The summed E-state index contributed by atoms with van der Waals surface area (Å²) < 4.78 is 21.1. The van der Waals surface area contributed by atoms with Crippen molar-refractivity contribution in [2.24, 2.45) is 0 Å². The molecule has 10 heteroatoms. The molecule has 3 rings (SSSR count). The number of rotatable bonds is 10. The zero-order chi connectivity index (χ0) is 24.5. The van der Waals surface area contributed by atoms with Crippen LogP contribution in [0.25, 0.3) is 0 Å². The SMILES string of the molecule is COc1ccc(NC(=O)COc2ccc(C(=O)OCc3ccc([N+](=O)[O-])cc3)cc2OC)cc1. The molecule has 0 atom stereocenters. The maximum absolute atomic E-state index is 12.4. The zero-order valence-electron chi connectivity index (χ0n) is 18.5. The summed E-state index contributed by atoms with van der Waals surface area (Å²) in [6.45, 7) is -0.324. The highest BCUT2D eigenvalue weighted by molar-refractivity contribution is 5.92. The molecule has 34 heavy (non-hydrogen) atoms. The number of amides is 1. The Kier molecular flexibility index (Phi) is 8.01. The molecular weight excluding hydrogens is 444 g/mol. The van der Waals surface area contributed by atoms with Crippen molar-refractivity contribution in [3.05, 3.63) is 88.0 Å². The molecule has 0 bridgehead atoms. The number of nitro groups is 1. The average molecular weight is 466 g/mol. The average Bonchev–Trinajstić information content (AvgIpc) is 2.86. The number of hydrogen-bond donors (Lipinski definition) is 1. The molecule has 0 aromatic heterocycles. The van der Waals surface area contributed by atoms with Crippen molar-refractivity contribution >= 4 is 23.3 Å². The smallest absolute Gasteiger partial charge is 0.338 e. The van der Waals surface area contributed by atoms with Gasteiger partial charge in [-0.2, -0.15) is 0 Å². The van der Waals surface area contributed by atoms with E-state index in [1.807, 2.05) is 0 Å². The van der Waals surface area contributed by atoms with E-state index in [2.05, 4.69) is 5.32 Å². The number of nitrogens with one attached hydrogen (secondary N) is 1. The number of esters is 1. The molecule has 0 spiro atoms. The van der Waals surface area contributed by atoms with E-state index in [1.165, 1.54) is 49.6 Å². The molecule has 0 aliphatic carbocycles. The molecule has 10 nitrogen and oxygen atoms in total. The zero-order valence-corrected chi connectivity index (χ0v) is 18.5. The van der Waals surface area contributed by atoms with Crippen LogP contribution in [-0.2, 0) is 16.1 Å². The molecule has 0 radical (unpaired) electrons. The fraction of sp³-hybridized carbons (Fsp3) is 0.167. The first-order chi connectivity index (χ1) is 16.4. The van der Waals surface area contributed by atoms with E-state index in [1.54, 1.807) is 31.4 Å². The van der Waals surface area contributed by atoms with E-state index >= 15 is 0 Å². The van der Waals surface area contributed by atoms with Crippen molar-refractivity contribution in [3.8, 4) is 17.2 Å². The number of ether oxygens (including phenoxy) is 4. The predicted octanol–water partition coefficient (Wildman–Crippen LogP) is 3.99. The maximum Gasteiger partial charge on any atom is 0.338 e. The van der Waals surface area contributed by atoms with Crippen LogP contribution in [0.5, 0.6) is 17.2 Å². The van der Waals surface area contributed by atoms with E-state index in [-0.39, 0.29) is 41.9 Å². The van der Waals surface area contributed by atoms with Gasteiger partial charge < -0.3 is 24.3 Å². The van der Waals surface area contributed by atoms with Gasteiger partial charge in [0.05, 0.1) is 24.7 Å². The summed E-state index contributed by atoms with van der Waals surface area (Å²) in [5.41, 5.74) is 1.36. The van der Waals surface area contributed by atoms with Crippen molar-refractivity contribution in [1.29, 1.82) is 0 Å². The summed E-state index contributed by atoms with van der Waals surface area (Å²) in [5.74, 6) is 0.214. The van der Waals surface area contributed by atoms with Crippen molar-refractivity contribution in [3.63, 3.8) is 0 Å². The lowest BCUT2D eigenvalue weighted by Gasteiger charge is -2.12. The number of anilines is 1. The van der Waals surface area contributed by atoms with Gasteiger partial charge >= 0.3 is 5.97 Å². The fourth-order valence-corrected chi connectivity index (χ4v) is 2.87. The number of nitrogens with zero attached hydrogens (tertiary/aromatic N) is 1. The van der Waals surface area contributed by atoms with Crippen molar-refractivity contribution in [2.75, 3.05) is 26.1 Å². The van der Waals surface area contributed by atoms with Gasteiger partial charge in [-0.15, -0.1) is 0 Å². The fourth-order valence-electron chi connectivity index (χ4n) is 2.87. The van der Waals surface area contributed by atoms with Gasteiger partial charge in [-0.25, -0.2) is 4.79 Å². The predicted molar refractivity (Wildman–Crippen MR) is 122 cm³/mol. The minimum Gasteiger partial charge on any atom is -0.497 e. The molecule has 0 heterocycles. The number of carbonyl (C=O) groups is 2. The third-order valence-corrected chi connectivity index (χ3v) is 4.65. The van der Waals surface area contributed by atoms with E-state index in [0.29, 0.717) is 17.0 Å². The van der Waals surface area contributed by atoms with E-state index in [0.717, 1.165) is 0 Å². The van der Waals surface area contributed by atoms with Gasteiger partial charge in [0.25, 0.3) is 11.6 Å². The Labute approximate surface area is 195 Å². The minimum absolute atomic E-state index is 0.0481. The highest BCUT2D eigenvalue weighted by Gasteiger charge is 2.14. The lowest BCUT2D eigenvalue weighted by molar-refractivity contribution is -0.384. The first kappa shape index (κ1) is 24.1. The second kappa shape index (κ2) is 11.3. The molecule has 0 fully saturated rings. The normalized spacial score (nSPS) is 10.2. The Morgan fingerprint density at radius 2 is 1.62 bits per heavy atom. The molecule has 0 unspecified atom stereocenters. The maximum atomic E-state index is 12.4. The van der Waals surface area contributed by atoms with E-state index in [4.69, 9.17) is 18.9 Å². The topological polar surface area (TPSA) is 126 Å². The summed E-state index contributed by atoms with van der Waals surface area (Å²) in [7, 11) is 2.96. The number of non-ortho nitro benzene ring substituents is 1. The molecular formula is C24H22N2O8. The molecule has 3 aromatic carbocycles. The van der Waals surface area contributed by atoms with Gasteiger partial charge in [-0.05, 0) is 60.2 Å². The second-order valence-electron chi connectivity index (χ2n) is 6.93. The van der Waals surface area contributed by atoms with Crippen LogP contribution in [0.4, 0.5) is 11.4 Å². The highest BCUT2D eigenvalue weighted by Crippen LogP contribution is 2.28. The number of nitro benzene ring substituents is 1. The summed E-state index contributed by atoms with van der Waals surface area (Å²) in [6, 6.07) is 17.0. The summed E-state index contributed by atoms with van der Waals surface area (Å²) in [6.07, 6.45) is 0. The Bertz CT molecular complexity index is 1160. The summed E-state index contributed by atoms with van der Waals surface area (Å²) in [4.78, 5) is 34.8. The van der Waals surface area contributed by atoms with Crippen LogP contribution in [0.2, 0.25) is 0 Å². The number of benzene rings is 3. The molecule has 176 valence electrons.